The molecule has 3 N–H and O–H groups in total. The van der Waals surface area contributed by atoms with Crippen LogP contribution in [0.2, 0.25) is 0 Å². The van der Waals surface area contributed by atoms with Crippen LogP contribution in [0.1, 0.15) is 36.1 Å². The lowest BCUT2D eigenvalue weighted by Crippen LogP contribution is -2.25. The first kappa shape index (κ1) is 10.7. The van der Waals surface area contributed by atoms with Crippen molar-refractivity contribution in [1.29, 1.82) is 0 Å². The molecule has 0 aromatic heterocycles. The van der Waals surface area contributed by atoms with Crippen LogP contribution >= 0.6 is 0 Å². The zero-order valence-electron chi connectivity index (χ0n) is 9.24. The predicted molar refractivity (Wildman–Crippen MR) is 61.6 cm³/mol. The molecular weight excluding hydrogens is 186 g/mol. The number of aliphatic hydroxyl groups is 1. The highest BCUT2D eigenvalue weighted by Gasteiger charge is 2.24. The summed E-state index contributed by atoms with van der Waals surface area (Å²) in [5.41, 5.74) is 9.38. The number of fused-ring (bicyclic) bond motifs is 1. The Bertz CT molecular complexity index is 348. The molecule has 1 aliphatic rings. The molecule has 1 aromatic carbocycles. The maximum absolute atomic E-state index is 10.0. The van der Waals surface area contributed by atoms with E-state index in [1.54, 1.807) is 0 Å². The van der Waals surface area contributed by atoms with Gasteiger partial charge in [0.25, 0.3) is 0 Å². The number of benzene rings is 1. The lowest BCUT2D eigenvalue weighted by molar-refractivity contribution is 0.133. The normalized spacial score (nSPS) is 25.0. The number of aryl methyl sites for hydroxylation is 1. The molecule has 0 fully saturated rings. The lowest BCUT2D eigenvalue weighted by Gasteiger charge is -2.28. The highest BCUT2D eigenvalue weighted by atomic mass is 16.3. The van der Waals surface area contributed by atoms with Crippen LogP contribution in [0, 0.1) is 5.92 Å². The zero-order valence-corrected chi connectivity index (χ0v) is 9.24. The molecule has 15 heavy (non-hydrogen) atoms. The fraction of sp³-hybridized carbons (Fsp3) is 0.538. The van der Waals surface area contributed by atoms with Gasteiger partial charge in [0, 0.05) is 0 Å². The van der Waals surface area contributed by atoms with Gasteiger partial charge in [-0.25, -0.2) is 0 Å². The van der Waals surface area contributed by atoms with E-state index in [-0.39, 0.29) is 6.10 Å². The second-order valence-electron chi connectivity index (χ2n) is 4.44. The molecule has 0 radical (unpaired) electrons. The first-order valence-corrected chi connectivity index (χ1v) is 5.74. The second kappa shape index (κ2) is 4.33. The predicted octanol–water partition coefficient (Wildman–Crippen LogP) is 1.80. The van der Waals surface area contributed by atoms with Crippen molar-refractivity contribution < 1.29 is 5.11 Å². The molecule has 82 valence electrons. The monoisotopic (exact) mass is 205 g/mol. The van der Waals surface area contributed by atoms with E-state index in [0.717, 1.165) is 24.8 Å². The van der Waals surface area contributed by atoms with Crippen molar-refractivity contribution in [2.75, 3.05) is 6.54 Å². The average molecular weight is 205 g/mol. The molecule has 0 saturated carbocycles. The van der Waals surface area contributed by atoms with Crippen molar-refractivity contribution in [3.05, 3.63) is 34.9 Å². The molecule has 2 unspecified atom stereocenters. The van der Waals surface area contributed by atoms with Crippen molar-refractivity contribution in [2.45, 2.75) is 32.3 Å². The summed E-state index contributed by atoms with van der Waals surface area (Å²) in [6.07, 6.45) is 2.55. The van der Waals surface area contributed by atoms with E-state index in [0.29, 0.717) is 12.5 Å². The highest BCUT2D eigenvalue weighted by molar-refractivity contribution is 5.35. The summed E-state index contributed by atoms with van der Waals surface area (Å²) in [5.74, 6) is 0.444. The quantitative estimate of drug-likeness (QED) is 0.773. The van der Waals surface area contributed by atoms with E-state index >= 15 is 0 Å². The largest absolute Gasteiger partial charge is 0.388 e. The molecule has 1 aliphatic carbocycles. The molecular formula is C13H19NO. The van der Waals surface area contributed by atoms with Crippen LogP contribution in [-0.4, -0.2) is 11.7 Å². The Morgan fingerprint density at radius 3 is 2.93 bits per heavy atom. The summed E-state index contributed by atoms with van der Waals surface area (Å²) < 4.78 is 0. The van der Waals surface area contributed by atoms with Crippen molar-refractivity contribution in [3.63, 3.8) is 0 Å². The van der Waals surface area contributed by atoms with Gasteiger partial charge in [-0.05, 0) is 48.4 Å². The molecule has 0 amide bonds. The summed E-state index contributed by atoms with van der Waals surface area (Å²) in [4.78, 5) is 0. The first-order valence-electron chi connectivity index (χ1n) is 5.74. The summed E-state index contributed by atoms with van der Waals surface area (Å²) in [6, 6.07) is 6.45. The van der Waals surface area contributed by atoms with Crippen LogP contribution in [0.3, 0.4) is 0 Å². The Balaban J connectivity index is 2.32. The van der Waals surface area contributed by atoms with Gasteiger partial charge in [0.15, 0.2) is 0 Å². The third-order valence-electron chi connectivity index (χ3n) is 3.38. The van der Waals surface area contributed by atoms with Gasteiger partial charge in [0.2, 0.25) is 0 Å². The maximum atomic E-state index is 10.0. The summed E-state index contributed by atoms with van der Waals surface area (Å²) in [6.45, 7) is 2.81. The van der Waals surface area contributed by atoms with Gasteiger partial charge in [-0.15, -0.1) is 0 Å². The van der Waals surface area contributed by atoms with E-state index in [4.69, 9.17) is 5.73 Å². The van der Waals surface area contributed by atoms with Gasteiger partial charge in [-0.1, -0.05) is 25.1 Å². The van der Waals surface area contributed by atoms with Crippen molar-refractivity contribution in [3.8, 4) is 0 Å². The minimum Gasteiger partial charge on any atom is -0.388 e. The summed E-state index contributed by atoms with van der Waals surface area (Å²) in [7, 11) is 0. The molecule has 2 atom stereocenters. The van der Waals surface area contributed by atoms with Gasteiger partial charge < -0.3 is 10.8 Å². The van der Waals surface area contributed by atoms with Crippen molar-refractivity contribution >= 4 is 0 Å². The Morgan fingerprint density at radius 1 is 1.47 bits per heavy atom. The third kappa shape index (κ3) is 2.06. The van der Waals surface area contributed by atoms with E-state index in [1.165, 1.54) is 11.1 Å². The number of rotatable bonds is 2. The van der Waals surface area contributed by atoms with Gasteiger partial charge in [0.1, 0.15) is 0 Å². The van der Waals surface area contributed by atoms with Crippen molar-refractivity contribution in [1.82, 2.24) is 0 Å². The van der Waals surface area contributed by atoms with Gasteiger partial charge >= 0.3 is 0 Å². The van der Waals surface area contributed by atoms with Crippen LogP contribution in [0.5, 0.6) is 0 Å². The minimum atomic E-state index is -0.311. The van der Waals surface area contributed by atoms with E-state index < -0.39 is 0 Å². The number of hydrogen-bond donors (Lipinski definition) is 2. The molecule has 0 spiro atoms. The van der Waals surface area contributed by atoms with Crippen LogP contribution in [-0.2, 0) is 12.8 Å². The van der Waals surface area contributed by atoms with Crippen molar-refractivity contribution in [2.24, 2.45) is 11.7 Å². The molecule has 0 aliphatic heterocycles. The standard InChI is InChI=1S/C13H19NO/c1-2-9-3-4-11-5-10(8-14)7-13(15)12(11)6-9/h3-4,6,10,13,15H,2,5,7-8,14H2,1H3. The summed E-state index contributed by atoms with van der Waals surface area (Å²) in [5, 5.41) is 10.0. The molecule has 1 aromatic rings. The van der Waals surface area contributed by atoms with Crippen LogP contribution < -0.4 is 5.73 Å². The molecule has 2 nitrogen and oxygen atoms in total. The smallest absolute Gasteiger partial charge is 0.0796 e. The Hall–Kier alpha value is -0.860. The fourth-order valence-corrected chi connectivity index (χ4v) is 2.38. The van der Waals surface area contributed by atoms with E-state index in [2.05, 4.69) is 25.1 Å². The number of aliphatic hydroxyl groups excluding tert-OH is 1. The van der Waals surface area contributed by atoms with Gasteiger partial charge in [0.05, 0.1) is 6.10 Å². The molecule has 0 saturated heterocycles. The average Bonchev–Trinajstić information content (AvgIpc) is 2.28. The Morgan fingerprint density at radius 2 is 2.27 bits per heavy atom. The number of nitrogens with two attached hydrogens (primary N) is 1. The van der Waals surface area contributed by atoms with E-state index in [9.17, 15) is 5.11 Å². The maximum Gasteiger partial charge on any atom is 0.0796 e. The SMILES string of the molecule is CCc1ccc2c(c1)C(O)CC(CN)C2. The summed E-state index contributed by atoms with van der Waals surface area (Å²) >= 11 is 0. The molecule has 0 heterocycles. The molecule has 2 rings (SSSR count). The second-order valence-corrected chi connectivity index (χ2v) is 4.44. The molecule has 0 bridgehead atoms. The van der Waals surface area contributed by atoms with Crippen LogP contribution in [0.15, 0.2) is 18.2 Å². The zero-order chi connectivity index (χ0) is 10.8. The topological polar surface area (TPSA) is 46.2 Å². The molecule has 2 heteroatoms. The van der Waals surface area contributed by atoms with Crippen LogP contribution in [0.25, 0.3) is 0 Å². The third-order valence-corrected chi connectivity index (χ3v) is 3.38. The lowest BCUT2D eigenvalue weighted by atomic mass is 9.81. The van der Waals surface area contributed by atoms with Gasteiger partial charge in [-0.3, -0.25) is 0 Å². The highest BCUT2D eigenvalue weighted by Crippen LogP contribution is 2.33. The Kier molecular flexibility index (Phi) is 3.08. The Labute approximate surface area is 91.1 Å². The van der Waals surface area contributed by atoms with Gasteiger partial charge in [-0.2, -0.15) is 0 Å². The first-order chi connectivity index (χ1) is 7.24. The minimum absolute atomic E-state index is 0.311. The number of hydrogen-bond acceptors (Lipinski definition) is 2. The fourth-order valence-electron chi connectivity index (χ4n) is 2.38. The van der Waals surface area contributed by atoms with E-state index in [1.807, 2.05) is 0 Å². The van der Waals surface area contributed by atoms with Crippen LogP contribution in [0.4, 0.5) is 0 Å².